The Morgan fingerprint density at radius 1 is 1.33 bits per heavy atom. The van der Waals surface area contributed by atoms with Gasteiger partial charge in [-0.15, -0.1) is 12.4 Å². The SMILES string of the molecule is Cl.NC1CCc2cnc(-c3ccccc3Cl)n2C1. The number of rotatable bonds is 1. The Hall–Kier alpha value is -1.03. The normalized spacial score (nSPS) is 18.0. The lowest BCUT2D eigenvalue weighted by Gasteiger charge is -2.22. The van der Waals surface area contributed by atoms with Crippen molar-refractivity contribution < 1.29 is 0 Å². The number of benzene rings is 1. The first-order valence-electron chi connectivity index (χ1n) is 5.80. The average Bonchev–Trinajstić information content (AvgIpc) is 2.72. The Morgan fingerprint density at radius 2 is 2.11 bits per heavy atom. The van der Waals surface area contributed by atoms with Gasteiger partial charge in [0.15, 0.2) is 0 Å². The van der Waals surface area contributed by atoms with Gasteiger partial charge in [-0.2, -0.15) is 0 Å². The molecule has 18 heavy (non-hydrogen) atoms. The highest BCUT2D eigenvalue weighted by Gasteiger charge is 2.20. The molecule has 3 nitrogen and oxygen atoms in total. The first-order valence-corrected chi connectivity index (χ1v) is 6.18. The molecule has 0 radical (unpaired) electrons. The topological polar surface area (TPSA) is 43.8 Å². The molecule has 0 fully saturated rings. The van der Waals surface area contributed by atoms with E-state index in [-0.39, 0.29) is 18.4 Å². The number of fused-ring (bicyclic) bond motifs is 1. The minimum absolute atomic E-state index is 0. The highest BCUT2D eigenvalue weighted by molar-refractivity contribution is 6.33. The Labute approximate surface area is 117 Å². The number of hydrogen-bond donors (Lipinski definition) is 1. The van der Waals surface area contributed by atoms with Crippen LogP contribution in [0.15, 0.2) is 30.5 Å². The van der Waals surface area contributed by atoms with E-state index in [0.717, 1.165) is 35.8 Å². The van der Waals surface area contributed by atoms with Gasteiger partial charge in [0.05, 0.1) is 5.02 Å². The zero-order valence-corrected chi connectivity index (χ0v) is 11.4. The van der Waals surface area contributed by atoms with Crippen LogP contribution in [0.3, 0.4) is 0 Å². The number of nitrogens with zero attached hydrogens (tertiary/aromatic N) is 2. The first kappa shape index (κ1) is 13.4. The summed E-state index contributed by atoms with van der Waals surface area (Å²) in [6.45, 7) is 0.829. The lowest BCUT2D eigenvalue weighted by molar-refractivity contribution is 0.463. The predicted octanol–water partition coefficient (Wildman–Crippen LogP) is 2.90. The van der Waals surface area contributed by atoms with Gasteiger partial charge < -0.3 is 10.3 Å². The largest absolute Gasteiger partial charge is 0.327 e. The number of aromatic nitrogens is 2. The van der Waals surface area contributed by atoms with Crippen LogP contribution in [-0.4, -0.2) is 15.6 Å². The molecule has 1 atom stereocenters. The zero-order chi connectivity index (χ0) is 11.8. The van der Waals surface area contributed by atoms with Crippen molar-refractivity contribution in [3.8, 4) is 11.4 Å². The third-order valence-corrected chi connectivity index (χ3v) is 3.57. The van der Waals surface area contributed by atoms with Crippen molar-refractivity contribution in [1.82, 2.24) is 9.55 Å². The van der Waals surface area contributed by atoms with Gasteiger partial charge in [-0.1, -0.05) is 23.7 Å². The van der Waals surface area contributed by atoms with Crippen molar-refractivity contribution in [2.24, 2.45) is 5.73 Å². The fourth-order valence-electron chi connectivity index (χ4n) is 2.33. The molecule has 5 heteroatoms. The molecule has 0 bridgehead atoms. The van der Waals surface area contributed by atoms with Crippen LogP contribution in [0.4, 0.5) is 0 Å². The predicted molar refractivity (Wildman–Crippen MR) is 76.2 cm³/mol. The van der Waals surface area contributed by atoms with E-state index in [4.69, 9.17) is 17.3 Å². The van der Waals surface area contributed by atoms with Crippen molar-refractivity contribution in [3.05, 3.63) is 41.2 Å². The van der Waals surface area contributed by atoms with Crippen LogP contribution in [0.2, 0.25) is 5.02 Å². The highest BCUT2D eigenvalue weighted by atomic mass is 35.5. The second kappa shape index (κ2) is 5.31. The minimum Gasteiger partial charge on any atom is -0.327 e. The molecule has 2 N–H and O–H groups in total. The van der Waals surface area contributed by atoms with E-state index in [9.17, 15) is 0 Å². The molecule has 0 spiro atoms. The molecule has 1 aromatic heterocycles. The average molecular weight is 284 g/mol. The first-order chi connectivity index (χ1) is 8.25. The summed E-state index contributed by atoms with van der Waals surface area (Å²) in [6, 6.07) is 8.01. The summed E-state index contributed by atoms with van der Waals surface area (Å²) in [5.74, 6) is 0.931. The van der Waals surface area contributed by atoms with Crippen LogP contribution in [0, 0.1) is 0 Å². The fraction of sp³-hybridized carbons (Fsp3) is 0.308. The molecule has 0 aliphatic carbocycles. The second-order valence-electron chi connectivity index (χ2n) is 4.46. The molecule has 1 aliphatic rings. The molecule has 0 saturated heterocycles. The Morgan fingerprint density at radius 3 is 2.89 bits per heavy atom. The van der Waals surface area contributed by atoms with Gasteiger partial charge in [0.25, 0.3) is 0 Å². The summed E-state index contributed by atoms with van der Waals surface area (Å²) in [4.78, 5) is 4.49. The Kier molecular flexibility index (Phi) is 3.95. The molecular formula is C13H15Cl2N3. The number of halogens is 2. The Bertz CT molecular complexity index is 551. The van der Waals surface area contributed by atoms with Crippen LogP contribution < -0.4 is 5.73 Å². The van der Waals surface area contributed by atoms with Gasteiger partial charge in [-0.25, -0.2) is 4.98 Å². The van der Waals surface area contributed by atoms with Gasteiger partial charge in [0, 0.05) is 30.0 Å². The summed E-state index contributed by atoms with van der Waals surface area (Å²) in [6.07, 6.45) is 3.97. The molecular weight excluding hydrogens is 269 g/mol. The van der Waals surface area contributed by atoms with E-state index in [1.165, 1.54) is 5.69 Å². The minimum atomic E-state index is 0. The standard InChI is InChI=1S/C13H14ClN3.ClH/c14-12-4-2-1-3-11(12)13-16-7-10-6-5-9(15)8-17(10)13;/h1-4,7,9H,5-6,8,15H2;1H. The van der Waals surface area contributed by atoms with Crippen LogP contribution >= 0.6 is 24.0 Å². The van der Waals surface area contributed by atoms with E-state index in [2.05, 4.69) is 9.55 Å². The van der Waals surface area contributed by atoms with Crippen molar-refractivity contribution >= 4 is 24.0 Å². The molecule has 2 aromatic rings. The molecule has 1 aromatic carbocycles. The van der Waals surface area contributed by atoms with E-state index < -0.39 is 0 Å². The van der Waals surface area contributed by atoms with Gasteiger partial charge in [0.2, 0.25) is 0 Å². The monoisotopic (exact) mass is 283 g/mol. The van der Waals surface area contributed by atoms with Gasteiger partial charge in [-0.3, -0.25) is 0 Å². The number of imidazole rings is 1. The Balaban J connectivity index is 0.00000120. The highest BCUT2D eigenvalue weighted by Crippen LogP contribution is 2.29. The molecule has 1 aliphatic heterocycles. The molecule has 1 unspecified atom stereocenters. The summed E-state index contributed by atoms with van der Waals surface area (Å²) in [5.41, 5.74) is 8.24. The number of nitrogens with two attached hydrogens (primary N) is 1. The van der Waals surface area contributed by atoms with E-state index in [1.807, 2.05) is 30.5 Å². The molecule has 2 heterocycles. The van der Waals surface area contributed by atoms with E-state index >= 15 is 0 Å². The molecule has 0 saturated carbocycles. The van der Waals surface area contributed by atoms with Crippen molar-refractivity contribution in [2.45, 2.75) is 25.4 Å². The van der Waals surface area contributed by atoms with Crippen molar-refractivity contribution in [1.29, 1.82) is 0 Å². The van der Waals surface area contributed by atoms with Gasteiger partial charge in [0.1, 0.15) is 5.82 Å². The third-order valence-electron chi connectivity index (χ3n) is 3.24. The maximum atomic E-state index is 6.21. The van der Waals surface area contributed by atoms with E-state index in [1.54, 1.807) is 0 Å². The zero-order valence-electron chi connectivity index (χ0n) is 9.84. The maximum absolute atomic E-state index is 6.21. The summed E-state index contributed by atoms with van der Waals surface area (Å²) < 4.78 is 2.19. The van der Waals surface area contributed by atoms with Crippen LogP contribution in [0.5, 0.6) is 0 Å². The molecule has 3 rings (SSSR count). The smallest absolute Gasteiger partial charge is 0.141 e. The third kappa shape index (κ3) is 2.26. The van der Waals surface area contributed by atoms with Crippen molar-refractivity contribution in [3.63, 3.8) is 0 Å². The maximum Gasteiger partial charge on any atom is 0.141 e. The lowest BCUT2D eigenvalue weighted by atomic mass is 10.1. The van der Waals surface area contributed by atoms with Crippen molar-refractivity contribution in [2.75, 3.05) is 0 Å². The quantitative estimate of drug-likeness (QED) is 0.875. The molecule has 0 amide bonds. The van der Waals surface area contributed by atoms with Crippen LogP contribution in [0.25, 0.3) is 11.4 Å². The number of aryl methyl sites for hydroxylation is 1. The number of hydrogen-bond acceptors (Lipinski definition) is 2. The van der Waals surface area contributed by atoms with Gasteiger partial charge >= 0.3 is 0 Å². The second-order valence-corrected chi connectivity index (χ2v) is 4.87. The van der Waals surface area contributed by atoms with Crippen LogP contribution in [-0.2, 0) is 13.0 Å². The van der Waals surface area contributed by atoms with Gasteiger partial charge in [-0.05, 0) is 25.0 Å². The lowest BCUT2D eigenvalue weighted by Crippen LogP contribution is -2.31. The summed E-state index contributed by atoms with van der Waals surface area (Å²) >= 11 is 6.21. The fourth-order valence-corrected chi connectivity index (χ4v) is 2.55. The molecule has 96 valence electrons. The summed E-state index contributed by atoms with van der Waals surface area (Å²) in [5, 5.41) is 0.736. The summed E-state index contributed by atoms with van der Waals surface area (Å²) in [7, 11) is 0. The van der Waals surface area contributed by atoms with E-state index in [0.29, 0.717) is 0 Å². The van der Waals surface area contributed by atoms with Crippen LogP contribution in [0.1, 0.15) is 12.1 Å².